The van der Waals surface area contributed by atoms with Crippen molar-refractivity contribution in [3.8, 4) is 5.75 Å². The third-order valence-corrected chi connectivity index (χ3v) is 2.42. The minimum atomic E-state index is -0.524. The van der Waals surface area contributed by atoms with Gasteiger partial charge < -0.3 is 15.4 Å². The van der Waals surface area contributed by atoms with Gasteiger partial charge in [-0.2, -0.15) is 0 Å². The number of benzene rings is 1. The molecule has 0 heterocycles. The van der Waals surface area contributed by atoms with Crippen LogP contribution in [0.3, 0.4) is 0 Å². The smallest absolute Gasteiger partial charge is 0.273 e. The Balaban J connectivity index is 2.86. The Bertz CT molecular complexity index is 519. The maximum absolute atomic E-state index is 11.2. The van der Waals surface area contributed by atoms with Crippen molar-refractivity contribution < 1.29 is 14.5 Å². The van der Waals surface area contributed by atoms with E-state index in [-0.39, 0.29) is 22.5 Å². The van der Waals surface area contributed by atoms with Crippen LogP contribution in [-0.2, 0) is 4.79 Å². The van der Waals surface area contributed by atoms with E-state index in [1.807, 2.05) is 0 Å². The van der Waals surface area contributed by atoms with Gasteiger partial charge in [-0.1, -0.05) is 6.92 Å². The Morgan fingerprint density at radius 2 is 2.21 bits per heavy atom. The van der Waals surface area contributed by atoms with Crippen LogP contribution in [0.1, 0.15) is 13.3 Å². The largest absolute Gasteiger partial charge is 0.494 e. The average Bonchev–Trinajstić information content (AvgIpc) is 2.38. The Morgan fingerprint density at radius 1 is 1.53 bits per heavy atom. The predicted molar refractivity (Wildman–Crippen MR) is 74.3 cm³/mol. The number of methoxy groups -OCH3 is 1. The number of anilines is 1. The van der Waals surface area contributed by atoms with Crippen molar-refractivity contribution in [1.82, 2.24) is 5.32 Å². The van der Waals surface area contributed by atoms with Crippen LogP contribution >= 0.6 is 12.2 Å². The van der Waals surface area contributed by atoms with Gasteiger partial charge in [-0.3, -0.25) is 14.9 Å². The third kappa shape index (κ3) is 4.18. The fourth-order valence-corrected chi connectivity index (χ4v) is 1.49. The van der Waals surface area contributed by atoms with Crippen molar-refractivity contribution in [3.63, 3.8) is 0 Å². The summed E-state index contributed by atoms with van der Waals surface area (Å²) in [5.41, 5.74) is 0.348. The van der Waals surface area contributed by atoms with Crippen LogP contribution in [0.4, 0.5) is 11.4 Å². The number of hydrogen-bond acceptors (Lipinski definition) is 5. The molecule has 0 bridgehead atoms. The molecular formula is C11H13N3O4S. The number of carbonyl (C=O) groups excluding carboxylic acids is 1. The number of nitro benzene ring substituents is 1. The van der Waals surface area contributed by atoms with Crippen molar-refractivity contribution in [2.75, 3.05) is 12.4 Å². The maximum atomic E-state index is 11.2. The molecule has 8 heteroatoms. The molecular weight excluding hydrogens is 270 g/mol. The van der Waals surface area contributed by atoms with Crippen LogP contribution in [0.25, 0.3) is 0 Å². The van der Waals surface area contributed by atoms with Gasteiger partial charge in [0, 0.05) is 12.5 Å². The van der Waals surface area contributed by atoms with E-state index < -0.39 is 4.92 Å². The summed E-state index contributed by atoms with van der Waals surface area (Å²) < 4.78 is 5.03. The lowest BCUT2D eigenvalue weighted by Gasteiger charge is -2.12. The quantitative estimate of drug-likeness (QED) is 0.497. The van der Waals surface area contributed by atoms with E-state index in [0.29, 0.717) is 12.1 Å². The van der Waals surface area contributed by atoms with Crippen molar-refractivity contribution >= 4 is 34.6 Å². The molecule has 0 atom stereocenters. The van der Waals surface area contributed by atoms with Gasteiger partial charge in [-0.25, -0.2) is 0 Å². The summed E-state index contributed by atoms with van der Waals surface area (Å²) >= 11 is 4.94. The number of ether oxygens (including phenoxy) is 1. The molecule has 0 aliphatic carbocycles. The minimum absolute atomic E-state index is 0.0917. The van der Waals surface area contributed by atoms with Gasteiger partial charge in [0.05, 0.1) is 23.8 Å². The van der Waals surface area contributed by atoms with E-state index in [1.165, 1.54) is 25.3 Å². The molecule has 0 radical (unpaired) electrons. The maximum Gasteiger partial charge on any atom is 0.273 e. The Kier molecular flexibility index (Phi) is 5.19. The summed E-state index contributed by atoms with van der Waals surface area (Å²) in [4.78, 5) is 21.3. The summed E-state index contributed by atoms with van der Waals surface area (Å²) in [6, 6.07) is 4.04. The third-order valence-electron chi connectivity index (χ3n) is 2.22. The number of nitro groups is 1. The van der Waals surface area contributed by atoms with Crippen LogP contribution in [-0.4, -0.2) is 23.1 Å². The Labute approximate surface area is 115 Å². The Morgan fingerprint density at radius 3 is 2.74 bits per heavy atom. The lowest BCUT2D eigenvalue weighted by atomic mass is 10.2. The molecule has 2 N–H and O–H groups in total. The van der Waals surface area contributed by atoms with Crippen molar-refractivity contribution in [3.05, 3.63) is 28.3 Å². The second-order valence-corrected chi connectivity index (χ2v) is 3.91. The monoisotopic (exact) mass is 283 g/mol. The molecule has 0 fully saturated rings. The fourth-order valence-electron chi connectivity index (χ4n) is 1.27. The lowest BCUT2D eigenvalue weighted by Crippen LogP contribution is -2.33. The van der Waals surface area contributed by atoms with Gasteiger partial charge in [0.2, 0.25) is 5.91 Å². The molecule has 1 amide bonds. The number of hydrogen-bond donors (Lipinski definition) is 2. The number of carbonyl (C=O) groups is 1. The summed E-state index contributed by atoms with van der Waals surface area (Å²) in [7, 11) is 1.39. The molecule has 102 valence electrons. The molecule has 1 rings (SSSR count). The van der Waals surface area contributed by atoms with E-state index >= 15 is 0 Å². The van der Waals surface area contributed by atoms with E-state index in [1.54, 1.807) is 6.92 Å². The second-order valence-electron chi connectivity index (χ2n) is 3.50. The summed E-state index contributed by atoms with van der Waals surface area (Å²) in [6.07, 6.45) is 0.305. The van der Waals surface area contributed by atoms with Crippen molar-refractivity contribution in [2.24, 2.45) is 0 Å². The second kappa shape index (κ2) is 6.64. The molecule has 0 saturated heterocycles. The highest BCUT2D eigenvalue weighted by Gasteiger charge is 2.12. The number of rotatable bonds is 4. The first-order valence-corrected chi connectivity index (χ1v) is 5.82. The van der Waals surface area contributed by atoms with Gasteiger partial charge in [0.15, 0.2) is 5.11 Å². The van der Waals surface area contributed by atoms with E-state index in [0.717, 1.165) is 0 Å². The first kappa shape index (κ1) is 14.8. The highest BCUT2D eigenvalue weighted by Crippen LogP contribution is 2.28. The van der Waals surface area contributed by atoms with Crippen LogP contribution in [0.5, 0.6) is 5.75 Å². The molecule has 0 saturated carbocycles. The highest BCUT2D eigenvalue weighted by molar-refractivity contribution is 7.80. The number of nitrogens with zero attached hydrogens (tertiary/aromatic N) is 1. The molecule has 1 aromatic rings. The van der Waals surface area contributed by atoms with E-state index in [9.17, 15) is 14.9 Å². The summed E-state index contributed by atoms with van der Waals surface area (Å²) in [6.45, 7) is 1.70. The molecule has 0 aromatic heterocycles. The van der Waals surface area contributed by atoms with Gasteiger partial charge in [-0.15, -0.1) is 0 Å². The molecule has 0 unspecified atom stereocenters. The first-order chi connectivity index (χ1) is 8.97. The van der Waals surface area contributed by atoms with Crippen LogP contribution < -0.4 is 15.4 Å². The SMILES string of the molecule is CCC(=O)NC(=S)Nc1ccc([N+](=O)[O-])cc1OC. The van der Waals surface area contributed by atoms with Gasteiger partial charge in [0.1, 0.15) is 5.75 Å². The summed E-state index contributed by atoms with van der Waals surface area (Å²) in [5.74, 6) is 0.0423. The summed E-state index contributed by atoms with van der Waals surface area (Å²) in [5, 5.41) is 15.9. The molecule has 0 spiro atoms. The van der Waals surface area contributed by atoms with Crippen LogP contribution in [0.15, 0.2) is 18.2 Å². The average molecular weight is 283 g/mol. The molecule has 1 aromatic carbocycles. The molecule has 0 aliphatic rings. The molecule has 0 aliphatic heterocycles. The van der Waals surface area contributed by atoms with E-state index in [2.05, 4.69) is 10.6 Å². The minimum Gasteiger partial charge on any atom is -0.494 e. The topological polar surface area (TPSA) is 93.5 Å². The zero-order chi connectivity index (χ0) is 14.4. The zero-order valence-electron chi connectivity index (χ0n) is 10.4. The highest BCUT2D eigenvalue weighted by atomic mass is 32.1. The van der Waals surface area contributed by atoms with Crippen molar-refractivity contribution in [1.29, 1.82) is 0 Å². The molecule has 19 heavy (non-hydrogen) atoms. The number of non-ortho nitro benzene ring substituents is 1. The van der Waals surface area contributed by atoms with Crippen LogP contribution in [0.2, 0.25) is 0 Å². The zero-order valence-corrected chi connectivity index (χ0v) is 11.2. The standard InChI is InChI=1S/C11H13N3O4S/c1-3-10(15)13-11(19)12-8-5-4-7(14(16)17)6-9(8)18-2/h4-6H,3H2,1-2H3,(H2,12,13,15,19). The van der Waals surface area contributed by atoms with Gasteiger partial charge >= 0.3 is 0 Å². The number of thiocarbonyl (C=S) groups is 1. The van der Waals surface area contributed by atoms with Gasteiger partial charge in [0.25, 0.3) is 5.69 Å². The Hall–Kier alpha value is -2.22. The first-order valence-electron chi connectivity index (χ1n) is 5.41. The molecule has 7 nitrogen and oxygen atoms in total. The predicted octanol–water partition coefficient (Wildman–Crippen LogP) is 1.83. The van der Waals surface area contributed by atoms with E-state index in [4.69, 9.17) is 17.0 Å². The number of amides is 1. The fraction of sp³-hybridized carbons (Fsp3) is 0.273. The lowest BCUT2D eigenvalue weighted by molar-refractivity contribution is -0.384. The van der Waals surface area contributed by atoms with Crippen molar-refractivity contribution in [2.45, 2.75) is 13.3 Å². The normalized spacial score (nSPS) is 9.58. The van der Waals surface area contributed by atoms with Gasteiger partial charge in [-0.05, 0) is 18.3 Å². The number of nitrogens with one attached hydrogen (secondary N) is 2. The van der Waals surface area contributed by atoms with Crippen LogP contribution in [0, 0.1) is 10.1 Å².